The van der Waals surface area contributed by atoms with E-state index in [1.165, 1.54) is 0 Å². The average molecular weight is 254 g/mol. The number of hydrogen-bond acceptors (Lipinski definition) is 2. The van der Waals surface area contributed by atoms with Gasteiger partial charge in [0.15, 0.2) is 0 Å². The number of carbonyl (C=O) groups is 1. The van der Waals surface area contributed by atoms with Crippen LogP contribution < -0.4 is 5.32 Å². The number of rotatable bonds is 4. The monoisotopic (exact) mass is 253 g/mol. The summed E-state index contributed by atoms with van der Waals surface area (Å²) in [5.74, 6) is -0.0982. The maximum Gasteiger partial charge on any atom is 0.251 e. The Balaban J connectivity index is 2.00. The fourth-order valence-electron chi connectivity index (χ4n) is 1.81. The molecule has 1 aliphatic rings. The van der Waals surface area contributed by atoms with Crippen molar-refractivity contribution < 1.29 is 9.90 Å². The molecule has 1 fully saturated rings. The molecule has 2 rings (SSSR count). The van der Waals surface area contributed by atoms with E-state index in [2.05, 4.69) is 5.32 Å². The molecule has 0 atom stereocenters. The molecule has 1 aromatic rings. The molecule has 1 aromatic carbocycles. The van der Waals surface area contributed by atoms with Gasteiger partial charge in [-0.05, 0) is 43.5 Å². The highest BCUT2D eigenvalue weighted by atomic mass is 35.5. The normalized spacial score (nSPS) is 16.6. The predicted molar refractivity (Wildman–Crippen MR) is 67.3 cm³/mol. The smallest absolute Gasteiger partial charge is 0.251 e. The Hall–Kier alpha value is -1.06. The maximum atomic E-state index is 11.9. The van der Waals surface area contributed by atoms with Crippen molar-refractivity contribution in [1.29, 1.82) is 0 Å². The van der Waals surface area contributed by atoms with Gasteiger partial charge in [0, 0.05) is 22.5 Å². The zero-order valence-electron chi connectivity index (χ0n) is 9.79. The molecule has 0 aliphatic heterocycles. The first-order chi connectivity index (χ1) is 8.06. The third kappa shape index (κ3) is 2.79. The molecule has 1 aliphatic carbocycles. The van der Waals surface area contributed by atoms with Gasteiger partial charge in [-0.25, -0.2) is 0 Å². The van der Waals surface area contributed by atoms with Gasteiger partial charge in [0.1, 0.15) is 0 Å². The van der Waals surface area contributed by atoms with Gasteiger partial charge in [0.2, 0.25) is 0 Å². The van der Waals surface area contributed by atoms with Crippen molar-refractivity contribution in [3.05, 3.63) is 34.3 Å². The van der Waals surface area contributed by atoms with E-state index in [1.807, 2.05) is 6.92 Å². The van der Waals surface area contributed by atoms with Crippen LogP contribution in [0.5, 0.6) is 0 Å². The molecule has 0 radical (unpaired) electrons. The second-order valence-corrected chi connectivity index (χ2v) is 5.24. The highest BCUT2D eigenvalue weighted by Gasteiger charge is 2.42. The Morgan fingerprint density at radius 1 is 1.53 bits per heavy atom. The highest BCUT2D eigenvalue weighted by Crippen LogP contribution is 2.44. The second-order valence-electron chi connectivity index (χ2n) is 4.80. The number of aliphatic hydroxyl groups excluding tert-OH is 1. The van der Waals surface area contributed by atoms with Crippen LogP contribution in [0.4, 0.5) is 0 Å². The van der Waals surface area contributed by atoms with E-state index in [9.17, 15) is 4.79 Å². The fraction of sp³-hybridized carbons (Fsp3) is 0.462. The topological polar surface area (TPSA) is 49.3 Å². The summed E-state index contributed by atoms with van der Waals surface area (Å²) in [5, 5.41) is 12.7. The first-order valence-corrected chi connectivity index (χ1v) is 6.09. The van der Waals surface area contributed by atoms with E-state index in [1.54, 1.807) is 18.2 Å². The summed E-state index contributed by atoms with van der Waals surface area (Å²) in [6.07, 6.45) is 1.98. The summed E-state index contributed by atoms with van der Waals surface area (Å²) in [4.78, 5) is 11.9. The second kappa shape index (κ2) is 4.67. The van der Waals surface area contributed by atoms with Crippen LogP contribution in [-0.4, -0.2) is 24.2 Å². The minimum absolute atomic E-state index is 0.0595. The number of carbonyl (C=O) groups excluding carboxylic acids is 1. The fourth-order valence-corrected chi connectivity index (χ4v) is 2.04. The van der Waals surface area contributed by atoms with Gasteiger partial charge in [-0.3, -0.25) is 4.79 Å². The summed E-state index contributed by atoms with van der Waals surface area (Å²) >= 11 is 5.84. The first kappa shape index (κ1) is 12.4. The largest absolute Gasteiger partial charge is 0.396 e. The van der Waals surface area contributed by atoms with E-state index in [-0.39, 0.29) is 17.9 Å². The third-order valence-electron chi connectivity index (χ3n) is 3.35. The summed E-state index contributed by atoms with van der Waals surface area (Å²) in [6, 6.07) is 5.21. The number of aliphatic hydroxyl groups is 1. The zero-order valence-corrected chi connectivity index (χ0v) is 10.5. The summed E-state index contributed by atoms with van der Waals surface area (Å²) in [5.41, 5.74) is 1.45. The molecular formula is C13H16ClNO2. The molecule has 0 aromatic heterocycles. The highest BCUT2D eigenvalue weighted by molar-refractivity contribution is 6.30. The minimum Gasteiger partial charge on any atom is -0.396 e. The van der Waals surface area contributed by atoms with Crippen LogP contribution in [0.15, 0.2) is 18.2 Å². The molecule has 0 bridgehead atoms. The van der Waals surface area contributed by atoms with Crippen LogP contribution in [0.3, 0.4) is 0 Å². The molecular weight excluding hydrogens is 238 g/mol. The van der Waals surface area contributed by atoms with E-state index in [0.717, 1.165) is 18.4 Å². The molecule has 2 N–H and O–H groups in total. The number of halogens is 1. The van der Waals surface area contributed by atoms with E-state index in [0.29, 0.717) is 17.1 Å². The molecule has 1 amide bonds. The lowest BCUT2D eigenvalue weighted by Crippen LogP contribution is -2.32. The molecule has 92 valence electrons. The van der Waals surface area contributed by atoms with E-state index in [4.69, 9.17) is 16.7 Å². The Bertz CT molecular complexity index is 441. The number of amides is 1. The van der Waals surface area contributed by atoms with Crippen LogP contribution in [-0.2, 0) is 0 Å². The predicted octanol–water partition coefficient (Wildman–Crippen LogP) is 2.15. The lowest BCUT2D eigenvalue weighted by molar-refractivity contribution is 0.0934. The Kier molecular flexibility index (Phi) is 3.40. The van der Waals surface area contributed by atoms with Crippen molar-refractivity contribution in [3.8, 4) is 0 Å². The van der Waals surface area contributed by atoms with Crippen LogP contribution >= 0.6 is 11.6 Å². The van der Waals surface area contributed by atoms with Crippen molar-refractivity contribution in [2.24, 2.45) is 5.41 Å². The standard InChI is InChI=1S/C13H16ClNO2/c1-9-6-10(14)2-3-11(9)12(17)15-7-13(8-16)4-5-13/h2-3,6,16H,4-5,7-8H2,1H3,(H,15,17). The molecule has 0 saturated heterocycles. The van der Waals surface area contributed by atoms with Gasteiger partial charge < -0.3 is 10.4 Å². The SMILES string of the molecule is Cc1cc(Cl)ccc1C(=O)NCC1(CO)CC1. The van der Waals surface area contributed by atoms with Gasteiger partial charge in [0.25, 0.3) is 5.91 Å². The lowest BCUT2D eigenvalue weighted by atomic mass is 10.1. The number of nitrogens with one attached hydrogen (secondary N) is 1. The maximum absolute atomic E-state index is 11.9. The van der Waals surface area contributed by atoms with Crippen molar-refractivity contribution in [2.75, 3.05) is 13.2 Å². The molecule has 3 nitrogen and oxygen atoms in total. The van der Waals surface area contributed by atoms with Gasteiger partial charge >= 0.3 is 0 Å². The van der Waals surface area contributed by atoms with Gasteiger partial charge in [0.05, 0.1) is 6.61 Å². The first-order valence-electron chi connectivity index (χ1n) is 5.72. The molecule has 17 heavy (non-hydrogen) atoms. The van der Waals surface area contributed by atoms with E-state index < -0.39 is 0 Å². The summed E-state index contributed by atoms with van der Waals surface area (Å²) in [6.45, 7) is 2.55. The number of hydrogen-bond donors (Lipinski definition) is 2. The van der Waals surface area contributed by atoms with Crippen molar-refractivity contribution in [2.45, 2.75) is 19.8 Å². The van der Waals surface area contributed by atoms with Crippen LogP contribution in [0.25, 0.3) is 0 Å². The van der Waals surface area contributed by atoms with Gasteiger partial charge in [-0.1, -0.05) is 11.6 Å². The van der Waals surface area contributed by atoms with Gasteiger partial charge in [-0.15, -0.1) is 0 Å². The molecule has 1 saturated carbocycles. The van der Waals surface area contributed by atoms with E-state index >= 15 is 0 Å². The number of benzene rings is 1. The Morgan fingerprint density at radius 2 is 2.24 bits per heavy atom. The van der Waals surface area contributed by atoms with Crippen molar-refractivity contribution >= 4 is 17.5 Å². The molecule has 0 spiro atoms. The number of aryl methyl sites for hydroxylation is 1. The summed E-state index contributed by atoms with van der Waals surface area (Å²) in [7, 11) is 0. The van der Waals surface area contributed by atoms with Crippen molar-refractivity contribution in [1.82, 2.24) is 5.32 Å². The quantitative estimate of drug-likeness (QED) is 0.864. The van der Waals surface area contributed by atoms with Crippen LogP contribution in [0.2, 0.25) is 5.02 Å². The summed E-state index contributed by atoms with van der Waals surface area (Å²) < 4.78 is 0. The third-order valence-corrected chi connectivity index (χ3v) is 3.58. The zero-order chi connectivity index (χ0) is 12.5. The van der Waals surface area contributed by atoms with Crippen molar-refractivity contribution in [3.63, 3.8) is 0 Å². The van der Waals surface area contributed by atoms with Crippen LogP contribution in [0, 0.1) is 12.3 Å². The minimum atomic E-state index is -0.0982. The van der Waals surface area contributed by atoms with Crippen LogP contribution in [0.1, 0.15) is 28.8 Å². The average Bonchev–Trinajstić information content (AvgIpc) is 3.07. The lowest BCUT2D eigenvalue weighted by Gasteiger charge is -2.13. The Morgan fingerprint density at radius 3 is 2.76 bits per heavy atom. The molecule has 0 heterocycles. The Labute approximate surface area is 106 Å². The molecule has 4 heteroatoms. The van der Waals surface area contributed by atoms with Gasteiger partial charge in [-0.2, -0.15) is 0 Å². The molecule has 0 unspecified atom stereocenters.